The fourth-order valence-corrected chi connectivity index (χ4v) is 3.74. The Morgan fingerprint density at radius 2 is 2.00 bits per heavy atom. The molecule has 1 aromatic heterocycles. The van der Waals surface area contributed by atoms with Gasteiger partial charge in [-0.25, -0.2) is 0 Å². The maximum atomic E-state index is 6.34. The topological polar surface area (TPSA) is 34.1 Å². The van der Waals surface area contributed by atoms with Gasteiger partial charge in [0, 0.05) is 35.4 Å². The molecule has 1 aromatic carbocycles. The molecule has 2 atom stereocenters. The summed E-state index contributed by atoms with van der Waals surface area (Å²) in [5.74, 6) is 0.995. The van der Waals surface area contributed by atoms with Crippen molar-refractivity contribution in [3.63, 3.8) is 0 Å². The van der Waals surface area contributed by atoms with Gasteiger partial charge in [0.1, 0.15) is 11.9 Å². The summed E-state index contributed by atoms with van der Waals surface area (Å²) in [5.41, 5.74) is 1.87. The second-order valence-electron chi connectivity index (χ2n) is 5.76. The molecule has 6 heteroatoms. The predicted molar refractivity (Wildman–Crippen MR) is 94.8 cm³/mol. The number of nitrogens with zero attached hydrogens (tertiary/aromatic N) is 1. The van der Waals surface area contributed by atoms with E-state index in [4.69, 9.17) is 39.5 Å². The lowest BCUT2D eigenvalue weighted by atomic mass is 9.95. The lowest BCUT2D eigenvalue weighted by Crippen LogP contribution is -2.22. The monoisotopic (exact) mass is 370 g/mol. The van der Waals surface area contributed by atoms with Crippen LogP contribution in [0.25, 0.3) is 0 Å². The van der Waals surface area contributed by atoms with E-state index in [9.17, 15) is 0 Å². The molecule has 3 rings (SSSR count). The first-order chi connectivity index (χ1) is 11.0. The van der Waals surface area contributed by atoms with Crippen LogP contribution in [0.15, 0.2) is 30.6 Å². The first kappa shape index (κ1) is 16.8. The molecule has 0 spiro atoms. The third kappa shape index (κ3) is 3.92. The Labute approximate surface area is 150 Å². The highest BCUT2D eigenvalue weighted by atomic mass is 35.5. The molecular weight excluding hydrogens is 355 g/mol. The summed E-state index contributed by atoms with van der Waals surface area (Å²) in [6, 6.07) is 5.45. The molecule has 1 aliphatic heterocycles. The van der Waals surface area contributed by atoms with Gasteiger partial charge < -0.3 is 10.1 Å². The van der Waals surface area contributed by atoms with Crippen LogP contribution in [-0.4, -0.2) is 18.1 Å². The normalized spacial score (nSPS) is 18.9. The zero-order chi connectivity index (χ0) is 16.4. The zero-order valence-corrected chi connectivity index (χ0v) is 14.9. The van der Waals surface area contributed by atoms with Crippen LogP contribution >= 0.6 is 34.8 Å². The van der Waals surface area contributed by atoms with Crippen molar-refractivity contribution in [2.24, 2.45) is 5.92 Å². The van der Waals surface area contributed by atoms with Gasteiger partial charge in [0.2, 0.25) is 0 Å². The number of ether oxygens (including phenoxy) is 1. The highest BCUT2D eigenvalue weighted by Crippen LogP contribution is 2.38. The fourth-order valence-electron chi connectivity index (χ4n) is 2.92. The molecule has 1 fully saturated rings. The molecule has 0 bridgehead atoms. The Hall–Kier alpha value is -1.00. The summed E-state index contributed by atoms with van der Waals surface area (Å²) >= 11 is 18.5. The summed E-state index contributed by atoms with van der Waals surface area (Å²) in [5, 5.41) is 5.09. The quantitative estimate of drug-likeness (QED) is 0.814. The number of benzene rings is 1. The van der Waals surface area contributed by atoms with Crippen molar-refractivity contribution in [1.29, 1.82) is 0 Å². The number of pyridine rings is 1. The molecule has 122 valence electrons. The number of rotatable bonds is 4. The van der Waals surface area contributed by atoms with Crippen molar-refractivity contribution < 1.29 is 4.74 Å². The number of nitrogens with one attached hydrogen (secondary N) is 1. The summed E-state index contributed by atoms with van der Waals surface area (Å²) in [6.07, 6.45) is 4.29. The van der Waals surface area contributed by atoms with E-state index in [1.807, 2.05) is 19.1 Å². The number of aromatic nitrogens is 1. The van der Waals surface area contributed by atoms with Crippen molar-refractivity contribution in [3.8, 4) is 5.75 Å². The van der Waals surface area contributed by atoms with Gasteiger partial charge in [-0.1, -0.05) is 34.8 Å². The van der Waals surface area contributed by atoms with Gasteiger partial charge in [0.15, 0.2) is 0 Å². The second-order valence-corrected chi connectivity index (χ2v) is 7.04. The summed E-state index contributed by atoms with van der Waals surface area (Å²) < 4.78 is 6.33. The van der Waals surface area contributed by atoms with Crippen molar-refractivity contribution in [1.82, 2.24) is 10.3 Å². The first-order valence-corrected chi connectivity index (χ1v) is 8.61. The van der Waals surface area contributed by atoms with E-state index < -0.39 is 0 Å². The Morgan fingerprint density at radius 3 is 2.65 bits per heavy atom. The Kier molecular flexibility index (Phi) is 5.32. The minimum absolute atomic E-state index is 0.159. The maximum Gasteiger partial charge on any atom is 0.141 e. The lowest BCUT2D eigenvalue weighted by molar-refractivity contribution is 0.143. The SMILES string of the molecule is Cc1cc(Cl)cc(Cl)c1OC(c1cncc(Cl)c1)C1CCNC1. The maximum absolute atomic E-state index is 6.34. The minimum atomic E-state index is -0.159. The summed E-state index contributed by atoms with van der Waals surface area (Å²) in [6.45, 7) is 3.81. The average Bonchev–Trinajstić information content (AvgIpc) is 3.00. The Morgan fingerprint density at radius 1 is 1.17 bits per heavy atom. The van der Waals surface area contributed by atoms with Crippen LogP contribution in [-0.2, 0) is 0 Å². The van der Waals surface area contributed by atoms with Gasteiger partial charge in [-0.2, -0.15) is 0 Å². The van der Waals surface area contributed by atoms with Crippen LogP contribution in [0.3, 0.4) is 0 Å². The molecule has 0 saturated carbocycles. The molecule has 1 N–H and O–H groups in total. The van der Waals surface area contributed by atoms with Crippen molar-refractivity contribution in [2.45, 2.75) is 19.4 Å². The molecule has 0 amide bonds. The van der Waals surface area contributed by atoms with Gasteiger partial charge >= 0.3 is 0 Å². The van der Waals surface area contributed by atoms with E-state index in [0.717, 1.165) is 30.6 Å². The smallest absolute Gasteiger partial charge is 0.141 e. The third-order valence-corrected chi connectivity index (χ3v) is 4.73. The van der Waals surface area contributed by atoms with Crippen molar-refractivity contribution >= 4 is 34.8 Å². The predicted octanol–water partition coefficient (Wildman–Crippen LogP) is 5.08. The van der Waals surface area contributed by atoms with Crippen LogP contribution in [0.4, 0.5) is 0 Å². The molecular formula is C17H17Cl3N2O. The summed E-state index contributed by atoms with van der Waals surface area (Å²) in [7, 11) is 0. The highest BCUT2D eigenvalue weighted by Gasteiger charge is 2.29. The number of halogens is 3. The Balaban J connectivity index is 1.96. The van der Waals surface area contributed by atoms with E-state index in [-0.39, 0.29) is 6.10 Å². The van der Waals surface area contributed by atoms with Crippen LogP contribution in [0.1, 0.15) is 23.7 Å². The Bertz CT molecular complexity index is 679. The molecule has 0 aliphatic carbocycles. The van der Waals surface area contributed by atoms with E-state index in [1.165, 1.54) is 0 Å². The van der Waals surface area contributed by atoms with Crippen molar-refractivity contribution in [3.05, 3.63) is 56.8 Å². The average molecular weight is 372 g/mol. The number of hydrogen-bond acceptors (Lipinski definition) is 3. The van der Waals surface area contributed by atoms with Crippen LogP contribution in [0, 0.1) is 12.8 Å². The standard InChI is InChI=1S/C17H17Cl3N2O/c1-10-4-13(18)6-15(20)16(10)23-17(11-2-3-21-7-11)12-5-14(19)9-22-8-12/h4-6,8-9,11,17,21H,2-3,7H2,1H3. The van der Waals surface area contributed by atoms with Crippen molar-refractivity contribution in [2.75, 3.05) is 13.1 Å². The molecule has 23 heavy (non-hydrogen) atoms. The van der Waals surface area contributed by atoms with E-state index in [2.05, 4.69) is 10.3 Å². The van der Waals surface area contributed by atoms with Gasteiger partial charge in [-0.3, -0.25) is 4.98 Å². The van der Waals surface area contributed by atoms with Gasteiger partial charge in [-0.15, -0.1) is 0 Å². The molecule has 2 unspecified atom stereocenters. The van der Waals surface area contributed by atoms with Crippen LogP contribution in [0.2, 0.25) is 15.1 Å². The van der Waals surface area contributed by atoms with Gasteiger partial charge in [0.25, 0.3) is 0 Å². The lowest BCUT2D eigenvalue weighted by Gasteiger charge is -2.26. The molecule has 0 radical (unpaired) electrons. The highest BCUT2D eigenvalue weighted by molar-refractivity contribution is 6.35. The third-order valence-electron chi connectivity index (χ3n) is 4.02. The van der Waals surface area contributed by atoms with E-state index in [0.29, 0.717) is 26.7 Å². The van der Waals surface area contributed by atoms with Crippen LogP contribution < -0.4 is 10.1 Å². The van der Waals surface area contributed by atoms with Gasteiger partial charge in [0.05, 0.1) is 10.0 Å². The second kappa shape index (κ2) is 7.27. The molecule has 2 heterocycles. The molecule has 1 saturated heterocycles. The molecule has 2 aromatic rings. The van der Waals surface area contributed by atoms with E-state index >= 15 is 0 Å². The van der Waals surface area contributed by atoms with Gasteiger partial charge in [-0.05, 0) is 43.7 Å². The van der Waals surface area contributed by atoms with Crippen LogP contribution in [0.5, 0.6) is 5.75 Å². The molecule has 1 aliphatic rings. The number of aryl methyl sites for hydroxylation is 1. The number of hydrogen-bond donors (Lipinski definition) is 1. The fraction of sp³-hybridized carbons (Fsp3) is 0.353. The molecule has 3 nitrogen and oxygen atoms in total. The largest absolute Gasteiger partial charge is 0.483 e. The summed E-state index contributed by atoms with van der Waals surface area (Å²) in [4.78, 5) is 4.19. The minimum Gasteiger partial charge on any atom is -0.483 e. The van der Waals surface area contributed by atoms with E-state index in [1.54, 1.807) is 18.5 Å². The first-order valence-electron chi connectivity index (χ1n) is 7.48. The zero-order valence-electron chi connectivity index (χ0n) is 12.7.